The van der Waals surface area contributed by atoms with Gasteiger partial charge in [-0.25, -0.2) is 4.57 Å². The summed E-state index contributed by atoms with van der Waals surface area (Å²) in [5, 5.41) is 3.05. The number of amides is 1. The molecule has 0 rings (SSSR count). The first kappa shape index (κ1) is 75.9. The van der Waals surface area contributed by atoms with E-state index in [0.717, 1.165) is 135 Å². The van der Waals surface area contributed by atoms with E-state index in [-0.39, 0.29) is 31.5 Å². The topological polar surface area (TPSA) is 111 Å². The normalized spacial score (nSPS) is 14.3. The van der Waals surface area contributed by atoms with Gasteiger partial charge in [0.25, 0.3) is 0 Å². The second kappa shape index (κ2) is 58.1. The van der Waals surface area contributed by atoms with Crippen LogP contribution in [0.3, 0.4) is 0 Å². The smallest absolute Gasteiger partial charge is 0.456 e. The van der Waals surface area contributed by atoms with Gasteiger partial charge < -0.3 is 19.4 Å². The molecular formula is C69H124N2O7P+. The monoisotopic (exact) mass is 1120 g/mol. The van der Waals surface area contributed by atoms with Gasteiger partial charge >= 0.3 is 13.8 Å². The lowest BCUT2D eigenvalue weighted by atomic mass is 10.1. The SMILES string of the molecule is CC/C=C\C/C=C\C/C=C\C/C=C\C/C=C\C/C=C\CCCCCCCCC(=O)NC(COP(=O)(O)OCC[N+](C)(C)C)C(/C=C\CCCCCCCCCCC)OC(=O)CCCCCCCCC/C=C/CCCCCCCC. The van der Waals surface area contributed by atoms with Crippen LogP contribution in [0.25, 0.3) is 0 Å². The maximum absolute atomic E-state index is 13.6. The number of carbonyl (C=O) groups is 2. The van der Waals surface area contributed by atoms with E-state index in [1.54, 1.807) is 0 Å². The minimum absolute atomic E-state index is 0.0323. The lowest BCUT2D eigenvalue weighted by Crippen LogP contribution is -2.47. The van der Waals surface area contributed by atoms with Gasteiger partial charge in [-0.2, -0.15) is 0 Å². The number of phosphoric ester groups is 1. The van der Waals surface area contributed by atoms with Crippen molar-refractivity contribution in [2.24, 2.45) is 0 Å². The van der Waals surface area contributed by atoms with Crippen molar-refractivity contribution in [2.75, 3.05) is 40.9 Å². The van der Waals surface area contributed by atoms with Gasteiger partial charge in [-0.3, -0.25) is 18.6 Å². The zero-order valence-corrected chi connectivity index (χ0v) is 53.0. The Hall–Kier alpha value is -3.07. The Morgan fingerprint density at radius 1 is 0.456 bits per heavy atom. The average Bonchev–Trinajstić information content (AvgIpc) is 3.41. The van der Waals surface area contributed by atoms with Crippen LogP contribution in [0.2, 0.25) is 0 Å². The summed E-state index contributed by atoms with van der Waals surface area (Å²) < 4.78 is 30.7. The molecule has 79 heavy (non-hydrogen) atoms. The summed E-state index contributed by atoms with van der Waals surface area (Å²) in [6, 6.07) is -0.863. The molecule has 0 aromatic heterocycles. The van der Waals surface area contributed by atoms with Gasteiger partial charge in [0.1, 0.15) is 19.3 Å². The predicted molar refractivity (Wildman–Crippen MR) is 341 cm³/mol. The summed E-state index contributed by atoms with van der Waals surface area (Å²) in [6.45, 7) is 6.88. The highest BCUT2D eigenvalue weighted by molar-refractivity contribution is 7.47. The van der Waals surface area contributed by atoms with Crippen molar-refractivity contribution in [3.63, 3.8) is 0 Å². The Balaban J connectivity index is 5.18. The summed E-state index contributed by atoms with van der Waals surface area (Å²) in [7, 11) is 1.47. The zero-order valence-electron chi connectivity index (χ0n) is 52.1. The van der Waals surface area contributed by atoms with Crippen LogP contribution >= 0.6 is 7.82 Å². The van der Waals surface area contributed by atoms with E-state index in [9.17, 15) is 19.0 Å². The maximum atomic E-state index is 13.6. The summed E-state index contributed by atoms with van der Waals surface area (Å²) in [5.41, 5.74) is 0. The van der Waals surface area contributed by atoms with E-state index in [1.807, 2.05) is 33.3 Å². The second-order valence-electron chi connectivity index (χ2n) is 22.9. The van der Waals surface area contributed by atoms with E-state index in [2.05, 4.69) is 111 Å². The van der Waals surface area contributed by atoms with Crippen LogP contribution in [-0.4, -0.2) is 74.3 Å². The first-order chi connectivity index (χ1) is 38.4. The molecule has 0 aromatic carbocycles. The molecular weight excluding hydrogens is 1000 g/mol. The van der Waals surface area contributed by atoms with E-state index in [0.29, 0.717) is 17.4 Å². The zero-order chi connectivity index (χ0) is 57.9. The minimum Gasteiger partial charge on any atom is -0.456 e. The fourth-order valence-corrected chi connectivity index (χ4v) is 9.73. The number of hydrogen-bond donors (Lipinski definition) is 2. The number of rotatable bonds is 58. The third kappa shape index (κ3) is 59.4. The second-order valence-corrected chi connectivity index (χ2v) is 24.4. The summed E-state index contributed by atoms with van der Waals surface area (Å²) in [6.07, 6.45) is 78.3. The Labute approximate surface area is 488 Å². The molecule has 0 aliphatic rings. The molecule has 0 spiro atoms. The fraction of sp³-hybridized carbons (Fsp3) is 0.739. The number of carbonyl (C=O) groups excluding carboxylic acids is 2. The molecule has 0 bridgehead atoms. The number of hydrogen-bond acceptors (Lipinski definition) is 6. The van der Waals surface area contributed by atoms with Crippen molar-refractivity contribution in [1.82, 2.24) is 5.32 Å². The van der Waals surface area contributed by atoms with Crippen molar-refractivity contribution in [1.29, 1.82) is 0 Å². The highest BCUT2D eigenvalue weighted by Crippen LogP contribution is 2.43. The number of ether oxygens (including phenoxy) is 1. The number of nitrogens with one attached hydrogen (secondary N) is 1. The molecule has 0 aliphatic heterocycles. The van der Waals surface area contributed by atoms with Crippen LogP contribution < -0.4 is 5.32 Å². The lowest BCUT2D eigenvalue weighted by Gasteiger charge is -2.27. The molecule has 10 heteroatoms. The van der Waals surface area contributed by atoms with Crippen molar-refractivity contribution in [3.8, 4) is 0 Å². The third-order valence-electron chi connectivity index (χ3n) is 14.0. The molecule has 0 radical (unpaired) electrons. The molecule has 9 nitrogen and oxygen atoms in total. The first-order valence-electron chi connectivity index (χ1n) is 32.6. The standard InChI is InChI=1S/C69H123N2O7P/c1-7-10-13-16-19-22-25-27-29-31-32-33-34-35-36-37-38-40-41-43-46-49-52-55-58-61-68(72)70-66(65-77-79(74,75)76-64-63-71(4,5)6)67(60-57-54-51-48-45-24-21-18-15-12-9-3)78-69(73)62-59-56-53-50-47-44-42-39-30-28-26-23-20-17-14-11-8-2/h10,13,19,22,27-30,32-33,35-36,38,40,57,60,66-67H,7-9,11-12,14-18,20-21,23-26,31,34,37,39,41-56,58-59,61-65H2,1-6H3,(H-,70,72,74,75)/p+1/b13-10-,22-19-,29-27-,30-28+,33-32-,36-35-,40-38-,60-57-. The van der Waals surface area contributed by atoms with Crippen molar-refractivity contribution >= 4 is 19.7 Å². The predicted octanol–water partition coefficient (Wildman–Crippen LogP) is 20.3. The molecule has 0 aromatic rings. The van der Waals surface area contributed by atoms with Crippen LogP contribution in [0.4, 0.5) is 0 Å². The van der Waals surface area contributed by atoms with Crippen LogP contribution in [-0.2, 0) is 27.9 Å². The van der Waals surface area contributed by atoms with E-state index >= 15 is 0 Å². The van der Waals surface area contributed by atoms with Crippen LogP contribution in [0.15, 0.2) is 97.2 Å². The molecule has 0 heterocycles. The van der Waals surface area contributed by atoms with Gasteiger partial charge in [0.05, 0.1) is 33.8 Å². The Morgan fingerprint density at radius 3 is 1.23 bits per heavy atom. The summed E-state index contributed by atoms with van der Waals surface area (Å²) in [5.74, 6) is -0.528. The third-order valence-corrected chi connectivity index (χ3v) is 15.0. The first-order valence-corrected chi connectivity index (χ1v) is 34.1. The number of likely N-dealkylation sites (N-methyl/N-ethyl adjacent to an activating group) is 1. The molecule has 2 N–H and O–H groups in total. The molecule has 0 saturated carbocycles. The van der Waals surface area contributed by atoms with E-state index < -0.39 is 20.0 Å². The van der Waals surface area contributed by atoms with E-state index in [4.69, 9.17) is 13.8 Å². The van der Waals surface area contributed by atoms with Crippen LogP contribution in [0.5, 0.6) is 0 Å². The van der Waals surface area contributed by atoms with Gasteiger partial charge in [0.2, 0.25) is 5.91 Å². The molecule has 0 fully saturated rings. The molecule has 0 saturated heterocycles. The fourth-order valence-electron chi connectivity index (χ4n) is 9.00. The van der Waals surface area contributed by atoms with Crippen molar-refractivity contribution < 1.29 is 37.3 Å². The van der Waals surface area contributed by atoms with Gasteiger partial charge in [0, 0.05) is 12.8 Å². The summed E-state index contributed by atoms with van der Waals surface area (Å²) >= 11 is 0. The largest absolute Gasteiger partial charge is 0.472 e. The highest BCUT2D eigenvalue weighted by atomic mass is 31.2. The minimum atomic E-state index is -4.46. The van der Waals surface area contributed by atoms with Crippen LogP contribution in [0.1, 0.15) is 278 Å². The Kier molecular flexibility index (Phi) is 55.9. The van der Waals surface area contributed by atoms with Gasteiger partial charge in [0.15, 0.2) is 0 Å². The lowest BCUT2D eigenvalue weighted by molar-refractivity contribution is -0.870. The number of unbranched alkanes of at least 4 members (excludes halogenated alkanes) is 28. The molecule has 456 valence electrons. The van der Waals surface area contributed by atoms with Crippen molar-refractivity contribution in [3.05, 3.63) is 97.2 Å². The van der Waals surface area contributed by atoms with Gasteiger partial charge in [-0.15, -0.1) is 0 Å². The highest BCUT2D eigenvalue weighted by Gasteiger charge is 2.30. The Morgan fingerprint density at radius 2 is 0.810 bits per heavy atom. The average molecular weight is 1120 g/mol. The number of allylic oxidation sites excluding steroid dienone is 15. The quantitative estimate of drug-likeness (QED) is 0.0205. The Bertz CT molecular complexity index is 1670. The number of esters is 1. The number of phosphoric acid groups is 1. The molecule has 1 amide bonds. The number of nitrogens with zero attached hydrogens (tertiary/aromatic N) is 1. The molecule has 3 atom stereocenters. The van der Waals surface area contributed by atoms with Gasteiger partial charge in [-0.1, -0.05) is 253 Å². The molecule has 0 aliphatic carbocycles. The summed E-state index contributed by atoms with van der Waals surface area (Å²) in [4.78, 5) is 37.7. The maximum Gasteiger partial charge on any atom is 0.472 e. The number of quaternary nitrogens is 1. The van der Waals surface area contributed by atoms with Crippen molar-refractivity contribution in [2.45, 2.75) is 290 Å². The molecule has 3 unspecified atom stereocenters. The van der Waals surface area contributed by atoms with E-state index in [1.165, 1.54) is 109 Å². The van der Waals surface area contributed by atoms with Crippen LogP contribution in [0, 0.1) is 0 Å². The van der Waals surface area contributed by atoms with Gasteiger partial charge in [-0.05, 0) is 109 Å².